The second kappa shape index (κ2) is 19.6. The van der Waals surface area contributed by atoms with Gasteiger partial charge in [0.25, 0.3) is 0 Å². The van der Waals surface area contributed by atoms with Gasteiger partial charge >= 0.3 is 0 Å². The number of aryl methyl sites for hydroxylation is 1. The van der Waals surface area contributed by atoms with Crippen LogP contribution in [-0.2, 0) is 4.87 Å². The normalized spacial score (nSPS) is 11.6. The Morgan fingerprint density at radius 1 is 0.524 bits per heavy atom. The predicted octanol–water partition coefficient (Wildman–Crippen LogP) is 13.5. The minimum Gasteiger partial charge on any atom is -0.494 e. The number of benzene rings is 3. The van der Waals surface area contributed by atoms with Gasteiger partial charge in [0.2, 0.25) is 0 Å². The molecular formula is C38H51Cl3O. The summed E-state index contributed by atoms with van der Waals surface area (Å²) in [5.41, 5.74) is 3.98. The average molecular weight is 630 g/mol. The summed E-state index contributed by atoms with van der Waals surface area (Å²) in [6.45, 7) is 5.10. The highest BCUT2D eigenvalue weighted by atomic mass is 35.5. The minimum absolute atomic E-state index is 0.681. The third kappa shape index (κ3) is 11.8. The molecule has 0 spiro atoms. The fraction of sp³-hybridized carbons (Fsp3) is 0.526. The highest BCUT2D eigenvalue weighted by molar-refractivity contribution is 6.31. The van der Waals surface area contributed by atoms with Crippen LogP contribution >= 0.6 is 34.8 Å². The summed E-state index contributed by atoms with van der Waals surface area (Å²) in [7, 11) is 0. The molecule has 1 nitrogen and oxygen atoms in total. The lowest BCUT2D eigenvalue weighted by Crippen LogP contribution is -2.22. The van der Waals surface area contributed by atoms with Crippen LogP contribution in [0.3, 0.4) is 0 Å². The van der Waals surface area contributed by atoms with E-state index in [4.69, 9.17) is 39.5 Å². The van der Waals surface area contributed by atoms with Gasteiger partial charge in [-0.15, -0.1) is 11.6 Å². The predicted molar refractivity (Wildman–Crippen MR) is 185 cm³/mol. The van der Waals surface area contributed by atoms with Gasteiger partial charge in [-0.25, -0.2) is 0 Å². The molecule has 0 aliphatic heterocycles. The lowest BCUT2D eigenvalue weighted by Gasteiger charge is -2.30. The van der Waals surface area contributed by atoms with Gasteiger partial charge in [0.15, 0.2) is 0 Å². The Labute approximate surface area is 271 Å². The Balaban J connectivity index is 1.40. The van der Waals surface area contributed by atoms with E-state index in [1.165, 1.54) is 96.3 Å². The van der Waals surface area contributed by atoms with E-state index in [-0.39, 0.29) is 0 Å². The number of unbranched alkanes of at least 4 members (excludes halogenated alkanes) is 15. The second-order valence-corrected chi connectivity index (χ2v) is 13.3. The SMILES string of the molecule is CCCCCCCCCCCCCCCCCCOc1cc(C)cc(C(Cl)(c2ccc(Cl)cc2)c2ccc(Cl)cc2)c1. The van der Waals surface area contributed by atoms with E-state index in [1.54, 1.807) is 0 Å². The van der Waals surface area contributed by atoms with Crippen molar-refractivity contribution in [2.24, 2.45) is 0 Å². The van der Waals surface area contributed by atoms with Crippen molar-refractivity contribution in [1.29, 1.82) is 0 Å². The first-order valence-corrected chi connectivity index (χ1v) is 17.5. The summed E-state index contributed by atoms with van der Waals surface area (Å²) in [6.07, 6.45) is 21.9. The van der Waals surface area contributed by atoms with Crippen molar-refractivity contribution in [2.75, 3.05) is 6.61 Å². The van der Waals surface area contributed by atoms with Gasteiger partial charge in [0.1, 0.15) is 10.6 Å². The van der Waals surface area contributed by atoms with Crippen LogP contribution in [0.25, 0.3) is 0 Å². The van der Waals surface area contributed by atoms with Gasteiger partial charge in [-0.05, 0) is 72.0 Å². The molecular weight excluding hydrogens is 579 g/mol. The summed E-state index contributed by atoms with van der Waals surface area (Å²) in [6, 6.07) is 21.8. The van der Waals surface area contributed by atoms with Crippen molar-refractivity contribution in [2.45, 2.75) is 121 Å². The van der Waals surface area contributed by atoms with Gasteiger partial charge in [-0.2, -0.15) is 0 Å². The first kappa shape index (κ1) is 34.8. The van der Waals surface area contributed by atoms with E-state index in [1.807, 2.05) is 48.5 Å². The lowest BCUT2D eigenvalue weighted by atomic mass is 9.83. The summed E-state index contributed by atoms with van der Waals surface area (Å²) >= 11 is 19.9. The molecule has 4 heteroatoms. The van der Waals surface area contributed by atoms with Crippen molar-refractivity contribution in [3.63, 3.8) is 0 Å². The average Bonchev–Trinajstić information content (AvgIpc) is 2.99. The zero-order chi connectivity index (χ0) is 30.0. The molecule has 0 saturated heterocycles. The van der Waals surface area contributed by atoms with Crippen LogP contribution in [0.4, 0.5) is 0 Å². The van der Waals surface area contributed by atoms with Crippen molar-refractivity contribution in [3.8, 4) is 5.75 Å². The van der Waals surface area contributed by atoms with Crippen LogP contribution in [0.1, 0.15) is 132 Å². The largest absolute Gasteiger partial charge is 0.494 e. The molecule has 0 aliphatic carbocycles. The van der Waals surface area contributed by atoms with Crippen molar-refractivity contribution < 1.29 is 4.74 Å². The first-order valence-electron chi connectivity index (χ1n) is 16.4. The van der Waals surface area contributed by atoms with E-state index >= 15 is 0 Å². The smallest absolute Gasteiger partial charge is 0.120 e. The van der Waals surface area contributed by atoms with E-state index in [0.717, 1.165) is 41.0 Å². The molecule has 0 aromatic heterocycles. The van der Waals surface area contributed by atoms with Gasteiger partial charge in [-0.3, -0.25) is 0 Å². The Kier molecular flexibility index (Phi) is 16.2. The molecule has 0 unspecified atom stereocenters. The summed E-state index contributed by atoms with van der Waals surface area (Å²) < 4.78 is 6.25. The fourth-order valence-electron chi connectivity index (χ4n) is 5.73. The molecule has 3 aromatic rings. The Hall–Kier alpha value is -1.67. The van der Waals surface area contributed by atoms with Crippen molar-refractivity contribution in [1.82, 2.24) is 0 Å². The molecule has 230 valence electrons. The van der Waals surface area contributed by atoms with Gasteiger partial charge in [0.05, 0.1) is 6.61 Å². The van der Waals surface area contributed by atoms with Crippen molar-refractivity contribution >= 4 is 34.8 Å². The number of hydrogen-bond acceptors (Lipinski definition) is 1. The lowest BCUT2D eigenvalue weighted by molar-refractivity contribution is 0.303. The molecule has 3 rings (SSSR count). The number of halogens is 3. The maximum Gasteiger partial charge on any atom is 0.120 e. The molecule has 0 heterocycles. The number of ether oxygens (including phenoxy) is 1. The standard InChI is InChI=1S/C38H51Cl3O/c1-3-4-5-6-7-8-9-10-11-12-13-14-15-16-17-18-27-42-37-29-31(2)28-34(30-37)38(41,32-19-23-35(39)24-20-32)33-21-25-36(40)26-22-33/h19-26,28-30H,3-18,27H2,1-2H3. The van der Waals surface area contributed by atoms with Crippen molar-refractivity contribution in [3.05, 3.63) is 99.0 Å². The Morgan fingerprint density at radius 2 is 0.929 bits per heavy atom. The molecule has 0 aliphatic rings. The first-order chi connectivity index (χ1) is 20.4. The molecule has 0 atom stereocenters. The topological polar surface area (TPSA) is 9.23 Å². The highest BCUT2D eigenvalue weighted by Gasteiger charge is 2.34. The summed E-state index contributed by atoms with van der Waals surface area (Å²) in [4.78, 5) is -0.895. The molecule has 0 fully saturated rings. The van der Waals surface area contributed by atoms with Crippen LogP contribution < -0.4 is 4.74 Å². The van der Waals surface area contributed by atoms with Crippen LogP contribution in [0, 0.1) is 6.92 Å². The Bertz CT molecular complexity index is 1090. The van der Waals surface area contributed by atoms with Gasteiger partial charge in [0, 0.05) is 10.0 Å². The van der Waals surface area contributed by atoms with Crippen LogP contribution in [0.5, 0.6) is 5.75 Å². The van der Waals surface area contributed by atoms with Gasteiger partial charge in [-0.1, -0.05) is 157 Å². The zero-order valence-electron chi connectivity index (χ0n) is 25.9. The minimum atomic E-state index is -0.895. The van der Waals surface area contributed by atoms with Crippen LogP contribution in [-0.4, -0.2) is 6.61 Å². The molecule has 0 N–H and O–H groups in total. The van der Waals surface area contributed by atoms with Crippen LogP contribution in [0.2, 0.25) is 10.0 Å². The maximum absolute atomic E-state index is 7.53. The Morgan fingerprint density at radius 3 is 1.36 bits per heavy atom. The summed E-state index contributed by atoms with van der Waals surface area (Å²) in [5, 5.41) is 1.36. The number of alkyl halides is 1. The molecule has 0 amide bonds. The number of hydrogen-bond donors (Lipinski definition) is 0. The highest BCUT2D eigenvalue weighted by Crippen LogP contribution is 2.45. The maximum atomic E-state index is 7.53. The van der Waals surface area contributed by atoms with E-state index in [0.29, 0.717) is 10.0 Å². The molecule has 0 radical (unpaired) electrons. The number of rotatable bonds is 21. The monoisotopic (exact) mass is 628 g/mol. The molecule has 42 heavy (non-hydrogen) atoms. The van der Waals surface area contributed by atoms with Crippen LogP contribution in [0.15, 0.2) is 66.7 Å². The zero-order valence-corrected chi connectivity index (χ0v) is 28.2. The quantitative estimate of drug-likeness (QED) is 0.0647. The molecule has 0 bridgehead atoms. The molecule has 3 aromatic carbocycles. The third-order valence-electron chi connectivity index (χ3n) is 8.20. The van der Waals surface area contributed by atoms with Gasteiger partial charge < -0.3 is 4.74 Å². The fourth-order valence-corrected chi connectivity index (χ4v) is 6.34. The third-order valence-corrected chi connectivity index (χ3v) is 9.36. The molecule has 0 saturated carbocycles. The summed E-state index contributed by atoms with van der Waals surface area (Å²) in [5.74, 6) is 0.860. The second-order valence-electron chi connectivity index (χ2n) is 11.9. The van der Waals surface area contributed by atoms with E-state index in [2.05, 4.69) is 32.0 Å². The van der Waals surface area contributed by atoms with E-state index < -0.39 is 4.87 Å². The van der Waals surface area contributed by atoms with E-state index in [9.17, 15) is 0 Å².